The quantitative estimate of drug-likeness (QED) is 0.238. The molecule has 1 rings (SSSR count). The highest BCUT2D eigenvalue weighted by atomic mass is 19.2. The normalized spacial score (nSPS) is 12.7. The summed E-state index contributed by atoms with van der Waals surface area (Å²) >= 11 is 0. The second kappa shape index (κ2) is 9.48. The summed E-state index contributed by atoms with van der Waals surface area (Å²) in [5.74, 6) is -16.4. The number of halogens is 5. The Balaban J connectivity index is 3.10. The fourth-order valence-corrected chi connectivity index (χ4v) is 2.01. The Labute approximate surface area is 174 Å². The van der Waals surface area contributed by atoms with Crippen molar-refractivity contribution in [1.29, 1.82) is 0 Å². The molecular weight excluding hydrogens is 433 g/mol. The zero-order valence-corrected chi connectivity index (χ0v) is 17.6. The van der Waals surface area contributed by atoms with Crippen LogP contribution in [0.5, 0.6) is 5.75 Å². The molecule has 0 radical (unpaired) electrons. The van der Waals surface area contributed by atoms with E-state index >= 15 is 0 Å². The molecule has 7 nitrogen and oxygen atoms in total. The Bertz CT molecular complexity index is 847. The topological polar surface area (TPSA) is 90.9 Å². The summed E-state index contributed by atoms with van der Waals surface area (Å²) in [6.07, 6.45) is -2.19. The summed E-state index contributed by atoms with van der Waals surface area (Å²) < 4.78 is 81.3. The minimum Gasteiger partial charge on any atom is -0.458 e. The van der Waals surface area contributed by atoms with E-state index in [0.717, 1.165) is 0 Å². The second-order valence-corrected chi connectivity index (χ2v) is 8.31. The molecule has 0 aromatic heterocycles. The predicted octanol–water partition coefficient (Wildman–Crippen LogP) is 3.91. The summed E-state index contributed by atoms with van der Waals surface area (Å²) in [4.78, 5) is 36.4. The first-order chi connectivity index (χ1) is 13.9. The van der Waals surface area contributed by atoms with Crippen molar-refractivity contribution in [2.24, 2.45) is 0 Å². The van der Waals surface area contributed by atoms with Gasteiger partial charge in [-0.3, -0.25) is 4.79 Å². The SMILES string of the molecule is CC(C)(C)OC(=O)N[C@@H](CC(=O)Oc1c(F)c(F)c(F)c(F)c1F)C(=O)OC(C)(C)C. The standard InChI is InChI=1S/C19H22F5NO6/c1-18(2,3)30-16(27)8(25-17(28)31-19(4,5)6)7-9(26)29-15-13(23)11(21)10(20)12(22)14(15)24/h8H,7H2,1-6H3,(H,25,28)/t8-/m0/s1. The first kappa shape index (κ1) is 26.1. The highest BCUT2D eigenvalue weighted by Crippen LogP contribution is 2.29. The van der Waals surface area contributed by atoms with Gasteiger partial charge in [-0.05, 0) is 41.5 Å². The highest BCUT2D eigenvalue weighted by molar-refractivity contribution is 5.87. The molecule has 0 spiro atoms. The molecule has 0 fully saturated rings. The van der Waals surface area contributed by atoms with E-state index in [1.807, 2.05) is 5.32 Å². The number of amides is 1. The molecule has 0 aliphatic heterocycles. The van der Waals surface area contributed by atoms with Gasteiger partial charge in [-0.2, -0.15) is 8.78 Å². The van der Waals surface area contributed by atoms with Crippen molar-refractivity contribution < 1.29 is 50.5 Å². The van der Waals surface area contributed by atoms with Gasteiger partial charge in [0.25, 0.3) is 0 Å². The van der Waals surface area contributed by atoms with Crippen molar-refractivity contribution in [3.63, 3.8) is 0 Å². The van der Waals surface area contributed by atoms with E-state index in [0.29, 0.717) is 0 Å². The highest BCUT2D eigenvalue weighted by Gasteiger charge is 2.33. The van der Waals surface area contributed by atoms with Gasteiger partial charge in [-0.1, -0.05) is 0 Å². The molecule has 0 aliphatic carbocycles. The maximum atomic E-state index is 13.7. The molecule has 31 heavy (non-hydrogen) atoms. The van der Waals surface area contributed by atoms with Gasteiger partial charge < -0.3 is 19.5 Å². The van der Waals surface area contributed by atoms with Crippen molar-refractivity contribution in [3.8, 4) is 5.75 Å². The number of ether oxygens (including phenoxy) is 3. The molecule has 0 saturated carbocycles. The maximum Gasteiger partial charge on any atom is 0.408 e. The Morgan fingerprint density at radius 2 is 1.19 bits per heavy atom. The number of esters is 2. The summed E-state index contributed by atoms with van der Waals surface area (Å²) in [6, 6.07) is -1.75. The van der Waals surface area contributed by atoms with Gasteiger partial charge in [0.05, 0.1) is 6.42 Å². The molecule has 1 amide bonds. The maximum absolute atomic E-state index is 13.7. The molecular formula is C19H22F5NO6. The van der Waals surface area contributed by atoms with Crippen LogP contribution in [-0.2, 0) is 19.1 Å². The second-order valence-electron chi connectivity index (χ2n) is 8.31. The molecule has 0 bridgehead atoms. The third kappa shape index (κ3) is 7.68. The van der Waals surface area contributed by atoms with E-state index in [-0.39, 0.29) is 0 Å². The summed E-state index contributed by atoms with van der Waals surface area (Å²) in [7, 11) is 0. The number of nitrogens with one attached hydrogen (secondary N) is 1. The average molecular weight is 455 g/mol. The van der Waals surface area contributed by atoms with Crippen molar-refractivity contribution in [2.45, 2.75) is 65.2 Å². The fourth-order valence-electron chi connectivity index (χ4n) is 2.01. The minimum absolute atomic E-state index is 0.974. The lowest BCUT2D eigenvalue weighted by molar-refractivity contribution is -0.159. The average Bonchev–Trinajstić information content (AvgIpc) is 2.58. The monoisotopic (exact) mass is 455 g/mol. The summed E-state index contributed by atoms with van der Waals surface area (Å²) in [6.45, 7) is 9.03. The van der Waals surface area contributed by atoms with E-state index in [4.69, 9.17) is 9.47 Å². The molecule has 1 aromatic rings. The lowest BCUT2D eigenvalue weighted by Gasteiger charge is -2.25. The van der Waals surface area contributed by atoms with E-state index in [1.165, 1.54) is 41.5 Å². The van der Waals surface area contributed by atoms with Gasteiger partial charge in [0.2, 0.25) is 34.8 Å². The Morgan fingerprint density at radius 1 is 0.774 bits per heavy atom. The third-order valence-corrected chi connectivity index (χ3v) is 3.14. The lowest BCUT2D eigenvalue weighted by atomic mass is 10.1. The molecule has 174 valence electrons. The number of hydrogen-bond donors (Lipinski definition) is 1. The number of rotatable bonds is 5. The van der Waals surface area contributed by atoms with Gasteiger partial charge in [-0.25, -0.2) is 22.8 Å². The molecule has 1 aromatic carbocycles. The van der Waals surface area contributed by atoms with Crippen molar-refractivity contribution in [2.75, 3.05) is 0 Å². The van der Waals surface area contributed by atoms with E-state index in [9.17, 15) is 36.3 Å². The molecule has 0 heterocycles. The summed E-state index contributed by atoms with van der Waals surface area (Å²) in [5.41, 5.74) is -2.02. The first-order valence-corrected chi connectivity index (χ1v) is 8.87. The van der Waals surface area contributed by atoms with Gasteiger partial charge >= 0.3 is 18.0 Å². The van der Waals surface area contributed by atoms with Crippen LogP contribution in [0.15, 0.2) is 0 Å². The summed E-state index contributed by atoms with van der Waals surface area (Å²) in [5, 5.41) is 2.04. The number of hydrogen-bond acceptors (Lipinski definition) is 6. The van der Waals surface area contributed by atoms with Crippen LogP contribution in [0.25, 0.3) is 0 Å². The number of carbonyl (C=O) groups is 3. The van der Waals surface area contributed by atoms with Crippen LogP contribution < -0.4 is 10.1 Å². The molecule has 0 saturated heterocycles. The van der Waals surface area contributed by atoms with Crippen LogP contribution in [0.2, 0.25) is 0 Å². The zero-order chi connectivity index (χ0) is 24.3. The molecule has 0 aliphatic rings. The number of benzene rings is 1. The van der Waals surface area contributed by atoms with Gasteiger partial charge in [-0.15, -0.1) is 0 Å². The van der Waals surface area contributed by atoms with Crippen LogP contribution >= 0.6 is 0 Å². The largest absolute Gasteiger partial charge is 0.458 e. The van der Waals surface area contributed by atoms with Crippen LogP contribution in [0, 0.1) is 29.1 Å². The third-order valence-electron chi connectivity index (χ3n) is 3.14. The van der Waals surface area contributed by atoms with Gasteiger partial charge in [0.1, 0.15) is 17.2 Å². The predicted molar refractivity (Wildman–Crippen MR) is 95.5 cm³/mol. The smallest absolute Gasteiger partial charge is 0.408 e. The molecule has 0 unspecified atom stereocenters. The van der Waals surface area contributed by atoms with Gasteiger partial charge in [0.15, 0.2) is 0 Å². The molecule has 12 heteroatoms. The first-order valence-electron chi connectivity index (χ1n) is 8.87. The van der Waals surface area contributed by atoms with Crippen LogP contribution in [0.1, 0.15) is 48.0 Å². The molecule has 1 atom stereocenters. The van der Waals surface area contributed by atoms with Crippen molar-refractivity contribution in [3.05, 3.63) is 29.1 Å². The van der Waals surface area contributed by atoms with Crippen molar-refractivity contribution >= 4 is 18.0 Å². The Morgan fingerprint density at radius 3 is 1.61 bits per heavy atom. The van der Waals surface area contributed by atoms with Crippen LogP contribution in [-0.4, -0.2) is 35.3 Å². The van der Waals surface area contributed by atoms with Crippen LogP contribution in [0.4, 0.5) is 26.7 Å². The number of alkyl carbamates (subject to hydrolysis) is 1. The molecule has 1 N–H and O–H groups in total. The fraction of sp³-hybridized carbons (Fsp3) is 0.526. The lowest BCUT2D eigenvalue weighted by Crippen LogP contribution is -2.47. The zero-order valence-electron chi connectivity index (χ0n) is 17.6. The van der Waals surface area contributed by atoms with E-state index < -0.39 is 76.5 Å². The Hall–Kier alpha value is -2.92. The Kier molecular flexibility index (Phi) is 7.99. The number of carbonyl (C=O) groups excluding carboxylic acids is 3. The minimum atomic E-state index is -2.44. The van der Waals surface area contributed by atoms with E-state index in [1.54, 1.807) is 0 Å². The van der Waals surface area contributed by atoms with Gasteiger partial charge in [0, 0.05) is 0 Å². The van der Waals surface area contributed by atoms with Crippen molar-refractivity contribution in [1.82, 2.24) is 5.32 Å². The van der Waals surface area contributed by atoms with Crippen LogP contribution in [0.3, 0.4) is 0 Å². The van der Waals surface area contributed by atoms with E-state index in [2.05, 4.69) is 4.74 Å².